The van der Waals surface area contributed by atoms with Crippen LogP contribution in [0.5, 0.6) is 0 Å². The van der Waals surface area contributed by atoms with Crippen molar-refractivity contribution in [2.45, 2.75) is 12.2 Å². The third kappa shape index (κ3) is 4.25. The van der Waals surface area contributed by atoms with E-state index >= 15 is 0 Å². The molecule has 0 aliphatic heterocycles. The molecule has 0 bridgehead atoms. The number of nitrogens with one attached hydrogen (secondary N) is 1. The first-order valence-corrected chi connectivity index (χ1v) is 5.24. The molecule has 0 heterocycles. The molecular weight excluding hydrogens is 218 g/mol. The largest absolute Gasteiger partial charge is 0.480 e. The summed E-state index contributed by atoms with van der Waals surface area (Å²) in [5, 5.41) is 7.01. The standard InChI is InChI=1S/C6H10ClNO4S/c1-4(7)3-8-13(11,12)5(2)6(9)10/h5,8H,1,3H2,2H3,(H,9,10). The number of hydrogen-bond donors (Lipinski definition) is 2. The van der Waals surface area contributed by atoms with Crippen LogP contribution in [-0.4, -0.2) is 31.3 Å². The highest BCUT2D eigenvalue weighted by Crippen LogP contribution is 2.00. The van der Waals surface area contributed by atoms with Crippen LogP contribution < -0.4 is 4.72 Å². The zero-order valence-electron chi connectivity index (χ0n) is 6.95. The van der Waals surface area contributed by atoms with Crippen molar-refractivity contribution in [1.29, 1.82) is 0 Å². The Morgan fingerprint density at radius 3 is 2.46 bits per heavy atom. The molecule has 0 aromatic carbocycles. The van der Waals surface area contributed by atoms with E-state index < -0.39 is 21.2 Å². The number of carboxylic acid groups (broad SMARTS) is 1. The SMILES string of the molecule is C=C(Cl)CNS(=O)(=O)C(C)C(=O)O. The summed E-state index contributed by atoms with van der Waals surface area (Å²) >= 11 is 5.30. The van der Waals surface area contributed by atoms with Gasteiger partial charge in [-0.1, -0.05) is 18.2 Å². The van der Waals surface area contributed by atoms with Crippen LogP contribution in [0.15, 0.2) is 11.6 Å². The zero-order valence-corrected chi connectivity index (χ0v) is 8.52. The fraction of sp³-hybridized carbons (Fsp3) is 0.500. The summed E-state index contributed by atoms with van der Waals surface area (Å²) in [6.07, 6.45) is 0. The Bertz CT molecular complexity index is 311. The average Bonchev–Trinajstić information content (AvgIpc) is 1.99. The Labute approximate surface area is 81.4 Å². The summed E-state index contributed by atoms with van der Waals surface area (Å²) in [5.41, 5.74) is 0. The van der Waals surface area contributed by atoms with Gasteiger partial charge in [0.05, 0.1) is 0 Å². The Hall–Kier alpha value is -0.590. The molecule has 0 radical (unpaired) electrons. The second-order valence-electron chi connectivity index (χ2n) is 2.36. The fourth-order valence-electron chi connectivity index (χ4n) is 0.437. The first-order valence-electron chi connectivity index (χ1n) is 3.32. The van der Waals surface area contributed by atoms with Crippen molar-refractivity contribution in [3.8, 4) is 0 Å². The Morgan fingerprint density at radius 1 is 1.69 bits per heavy atom. The molecule has 0 aliphatic rings. The molecule has 1 unspecified atom stereocenters. The molecule has 76 valence electrons. The van der Waals surface area contributed by atoms with E-state index in [2.05, 4.69) is 6.58 Å². The second kappa shape index (κ2) is 4.59. The highest BCUT2D eigenvalue weighted by molar-refractivity contribution is 7.90. The van der Waals surface area contributed by atoms with Crippen LogP contribution in [0.25, 0.3) is 0 Å². The third-order valence-electron chi connectivity index (χ3n) is 1.28. The lowest BCUT2D eigenvalue weighted by Gasteiger charge is -2.08. The van der Waals surface area contributed by atoms with Gasteiger partial charge in [0, 0.05) is 11.6 Å². The molecule has 13 heavy (non-hydrogen) atoms. The summed E-state index contributed by atoms with van der Waals surface area (Å²) in [7, 11) is -3.85. The summed E-state index contributed by atoms with van der Waals surface area (Å²) in [4.78, 5) is 10.3. The van der Waals surface area contributed by atoms with E-state index in [-0.39, 0.29) is 11.6 Å². The molecule has 1 atom stereocenters. The van der Waals surface area contributed by atoms with Crippen molar-refractivity contribution >= 4 is 27.6 Å². The lowest BCUT2D eigenvalue weighted by Crippen LogP contribution is -2.37. The minimum atomic E-state index is -3.85. The minimum Gasteiger partial charge on any atom is -0.480 e. The van der Waals surface area contributed by atoms with Gasteiger partial charge in [-0.15, -0.1) is 0 Å². The molecule has 0 fully saturated rings. The number of sulfonamides is 1. The van der Waals surface area contributed by atoms with Gasteiger partial charge < -0.3 is 5.11 Å². The van der Waals surface area contributed by atoms with E-state index in [1.165, 1.54) is 0 Å². The van der Waals surface area contributed by atoms with E-state index in [0.717, 1.165) is 6.92 Å². The first-order chi connectivity index (χ1) is 5.77. The lowest BCUT2D eigenvalue weighted by atomic mass is 10.5. The number of carboxylic acids is 1. The number of hydrogen-bond acceptors (Lipinski definition) is 3. The molecule has 0 saturated carbocycles. The molecule has 0 amide bonds. The highest BCUT2D eigenvalue weighted by atomic mass is 35.5. The maximum absolute atomic E-state index is 11.1. The number of halogens is 1. The minimum absolute atomic E-state index is 0.0983. The number of carbonyl (C=O) groups is 1. The molecule has 0 aromatic rings. The van der Waals surface area contributed by atoms with Gasteiger partial charge in [0.2, 0.25) is 10.0 Å². The van der Waals surface area contributed by atoms with Gasteiger partial charge in [0.15, 0.2) is 5.25 Å². The normalized spacial score (nSPS) is 13.7. The second-order valence-corrected chi connectivity index (χ2v) is 4.98. The van der Waals surface area contributed by atoms with E-state index in [0.29, 0.717) is 0 Å². The van der Waals surface area contributed by atoms with E-state index in [1.807, 2.05) is 4.72 Å². The maximum Gasteiger partial charge on any atom is 0.323 e. The third-order valence-corrected chi connectivity index (χ3v) is 3.09. The molecule has 0 saturated heterocycles. The number of rotatable bonds is 5. The van der Waals surface area contributed by atoms with Crippen LogP contribution in [0.1, 0.15) is 6.92 Å². The van der Waals surface area contributed by atoms with Crippen molar-refractivity contribution < 1.29 is 18.3 Å². The molecule has 2 N–H and O–H groups in total. The highest BCUT2D eigenvalue weighted by Gasteiger charge is 2.26. The molecule has 0 aromatic heterocycles. The molecule has 0 spiro atoms. The molecule has 5 nitrogen and oxygen atoms in total. The quantitative estimate of drug-likeness (QED) is 0.700. The smallest absolute Gasteiger partial charge is 0.323 e. The fourth-order valence-corrected chi connectivity index (χ4v) is 1.47. The number of aliphatic carboxylic acids is 1. The van der Waals surface area contributed by atoms with Gasteiger partial charge in [-0.3, -0.25) is 4.79 Å². The Morgan fingerprint density at radius 2 is 2.15 bits per heavy atom. The van der Waals surface area contributed by atoms with Gasteiger partial charge in [0.1, 0.15) is 0 Å². The van der Waals surface area contributed by atoms with Crippen LogP contribution in [0.2, 0.25) is 0 Å². The molecule has 0 rings (SSSR count). The van der Waals surface area contributed by atoms with Crippen LogP contribution in [-0.2, 0) is 14.8 Å². The Balaban J connectivity index is 4.41. The topological polar surface area (TPSA) is 83.5 Å². The average molecular weight is 228 g/mol. The molecule has 0 aliphatic carbocycles. The van der Waals surface area contributed by atoms with Crippen molar-refractivity contribution in [1.82, 2.24) is 4.72 Å². The van der Waals surface area contributed by atoms with Gasteiger partial charge in [-0.2, -0.15) is 0 Å². The van der Waals surface area contributed by atoms with Gasteiger partial charge >= 0.3 is 5.97 Å². The zero-order chi connectivity index (χ0) is 10.6. The van der Waals surface area contributed by atoms with Crippen molar-refractivity contribution in [2.75, 3.05) is 6.54 Å². The van der Waals surface area contributed by atoms with Gasteiger partial charge in [-0.05, 0) is 6.92 Å². The maximum atomic E-state index is 11.1. The molecular formula is C6H10ClNO4S. The predicted molar refractivity (Wildman–Crippen MR) is 49.0 cm³/mol. The van der Waals surface area contributed by atoms with Crippen LogP contribution in [0, 0.1) is 0 Å². The van der Waals surface area contributed by atoms with Gasteiger partial charge in [0.25, 0.3) is 0 Å². The monoisotopic (exact) mass is 227 g/mol. The molecule has 7 heteroatoms. The summed E-state index contributed by atoms with van der Waals surface area (Å²) < 4.78 is 24.2. The predicted octanol–water partition coefficient (Wildman–Crippen LogP) is 0.131. The lowest BCUT2D eigenvalue weighted by molar-refractivity contribution is -0.136. The Kier molecular flexibility index (Phi) is 4.38. The van der Waals surface area contributed by atoms with E-state index in [4.69, 9.17) is 16.7 Å². The van der Waals surface area contributed by atoms with Crippen LogP contribution >= 0.6 is 11.6 Å². The van der Waals surface area contributed by atoms with Crippen molar-refractivity contribution in [2.24, 2.45) is 0 Å². The summed E-state index contributed by atoms with van der Waals surface area (Å²) in [6.45, 7) is 4.16. The first kappa shape index (κ1) is 12.4. The van der Waals surface area contributed by atoms with Gasteiger partial charge in [-0.25, -0.2) is 13.1 Å². The van der Waals surface area contributed by atoms with Crippen LogP contribution in [0.4, 0.5) is 0 Å². The van der Waals surface area contributed by atoms with Crippen LogP contribution in [0.3, 0.4) is 0 Å². The summed E-state index contributed by atoms with van der Waals surface area (Å²) in [5.74, 6) is -1.41. The summed E-state index contributed by atoms with van der Waals surface area (Å²) in [6, 6.07) is 0. The van der Waals surface area contributed by atoms with E-state index in [1.54, 1.807) is 0 Å². The van der Waals surface area contributed by atoms with Crippen molar-refractivity contribution in [3.05, 3.63) is 11.6 Å². The van der Waals surface area contributed by atoms with Crippen molar-refractivity contribution in [3.63, 3.8) is 0 Å². The van der Waals surface area contributed by atoms with E-state index in [9.17, 15) is 13.2 Å².